The Bertz CT molecular complexity index is 462. The van der Waals surface area contributed by atoms with Gasteiger partial charge in [0.15, 0.2) is 0 Å². The summed E-state index contributed by atoms with van der Waals surface area (Å²) < 4.78 is 5.37. The minimum absolute atomic E-state index is 0.251. The molecular formula is C18H27NO3. The van der Waals surface area contributed by atoms with Gasteiger partial charge in [-0.1, -0.05) is 44.2 Å². The molecule has 1 amide bonds. The zero-order chi connectivity index (χ0) is 16.0. The number of nitrogens with zero attached hydrogens (tertiary/aromatic N) is 1. The van der Waals surface area contributed by atoms with Crippen molar-refractivity contribution in [1.29, 1.82) is 0 Å². The molecule has 1 aliphatic heterocycles. The third kappa shape index (κ3) is 4.01. The fourth-order valence-electron chi connectivity index (χ4n) is 3.24. The maximum Gasteiger partial charge on any atom is 0.410 e. The Kier molecular flexibility index (Phi) is 5.83. The number of piperidine rings is 1. The van der Waals surface area contributed by atoms with E-state index in [9.17, 15) is 9.90 Å². The highest BCUT2D eigenvalue weighted by Crippen LogP contribution is 2.33. The zero-order valence-electron chi connectivity index (χ0n) is 13.6. The topological polar surface area (TPSA) is 49.8 Å². The van der Waals surface area contributed by atoms with E-state index in [0.29, 0.717) is 19.7 Å². The Morgan fingerprint density at radius 2 is 1.82 bits per heavy atom. The number of carbonyl (C=O) groups is 1. The van der Waals surface area contributed by atoms with Gasteiger partial charge in [0.1, 0.15) is 6.61 Å². The van der Waals surface area contributed by atoms with E-state index < -0.39 is 5.60 Å². The molecule has 0 unspecified atom stereocenters. The van der Waals surface area contributed by atoms with Crippen LogP contribution in [0.15, 0.2) is 30.3 Å². The van der Waals surface area contributed by atoms with Crippen molar-refractivity contribution in [2.75, 3.05) is 13.1 Å². The van der Waals surface area contributed by atoms with Gasteiger partial charge in [-0.05, 0) is 37.2 Å². The summed E-state index contributed by atoms with van der Waals surface area (Å²) in [6.07, 6.45) is 2.98. The average molecular weight is 305 g/mol. The van der Waals surface area contributed by atoms with Crippen LogP contribution in [-0.2, 0) is 11.3 Å². The van der Waals surface area contributed by atoms with E-state index in [0.717, 1.165) is 31.2 Å². The van der Waals surface area contributed by atoms with Crippen molar-refractivity contribution < 1.29 is 14.6 Å². The molecule has 1 fully saturated rings. The van der Waals surface area contributed by atoms with Crippen molar-refractivity contribution in [3.05, 3.63) is 35.9 Å². The summed E-state index contributed by atoms with van der Waals surface area (Å²) >= 11 is 0. The summed E-state index contributed by atoms with van der Waals surface area (Å²) in [7, 11) is 0. The number of rotatable bonds is 5. The van der Waals surface area contributed by atoms with Crippen molar-refractivity contribution in [3.8, 4) is 0 Å². The third-order valence-corrected chi connectivity index (χ3v) is 4.94. The van der Waals surface area contributed by atoms with Crippen LogP contribution in [0.25, 0.3) is 0 Å². The molecule has 0 radical (unpaired) electrons. The number of carbonyl (C=O) groups excluding carboxylic acids is 1. The van der Waals surface area contributed by atoms with Crippen LogP contribution in [-0.4, -0.2) is 34.8 Å². The number of amides is 1. The smallest absolute Gasteiger partial charge is 0.410 e. The van der Waals surface area contributed by atoms with Gasteiger partial charge in [0.2, 0.25) is 0 Å². The van der Waals surface area contributed by atoms with Crippen molar-refractivity contribution in [2.24, 2.45) is 5.92 Å². The first-order chi connectivity index (χ1) is 10.6. The fourth-order valence-corrected chi connectivity index (χ4v) is 3.24. The molecule has 122 valence electrons. The summed E-state index contributed by atoms with van der Waals surface area (Å²) in [5.41, 5.74) is 0.414. The van der Waals surface area contributed by atoms with Gasteiger partial charge in [-0.2, -0.15) is 0 Å². The quantitative estimate of drug-likeness (QED) is 0.904. The Labute approximate surface area is 133 Å². The van der Waals surface area contributed by atoms with Gasteiger partial charge in [0.25, 0.3) is 0 Å². The Balaban J connectivity index is 1.80. The zero-order valence-corrected chi connectivity index (χ0v) is 13.6. The summed E-state index contributed by atoms with van der Waals surface area (Å²) in [6.45, 7) is 5.71. The number of aliphatic hydroxyl groups is 1. The first kappa shape index (κ1) is 16.8. The molecule has 1 aromatic carbocycles. The van der Waals surface area contributed by atoms with Gasteiger partial charge < -0.3 is 14.7 Å². The van der Waals surface area contributed by atoms with Crippen LogP contribution in [0, 0.1) is 5.92 Å². The third-order valence-electron chi connectivity index (χ3n) is 4.94. The molecule has 0 saturated carbocycles. The first-order valence-corrected chi connectivity index (χ1v) is 8.27. The Morgan fingerprint density at radius 1 is 1.23 bits per heavy atom. The number of ether oxygens (including phenoxy) is 1. The Morgan fingerprint density at radius 3 is 2.36 bits per heavy atom. The lowest BCUT2D eigenvalue weighted by atomic mass is 9.77. The van der Waals surface area contributed by atoms with E-state index in [2.05, 4.69) is 0 Å². The predicted octanol–water partition coefficient (Wildman–Crippen LogP) is 3.59. The molecule has 2 rings (SSSR count). The number of benzene rings is 1. The minimum atomic E-state index is -0.583. The van der Waals surface area contributed by atoms with Crippen LogP contribution >= 0.6 is 0 Å². The largest absolute Gasteiger partial charge is 0.445 e. The van der Waals surface area contributed by atoms with E-state index in [4.69, 9.17) is 4.74 Å². The lowest BCUT2D eigenvalue weighted by Gasteiger charge is -2.40. The lowest BCUT2D eigenvalue weighted by Crippen LogP contribution is -2.46. The van der Waals surface area contributed by atoms with Crippen molar-refractivity contribution in [3.63, 3.8) is 0 Å². The maximum absolute atomic E-state index is 12.1. The van der Waals surface area contributed by atoms with Gasteiger partial charge in [-0.25, -0.2) is 4.79 Å². The van der Waals surface area contributed by atoms with Crippen LogP contribution in [0.1, 0.15) is 45.1 Å². The van der Waals surface area contributed by atoms with Gasteiger partial charge in [-0.3, -0.25) is 0 Å². The second-order valence-corrected chi connectivity index (χ2v) is 6.11. The molecule has 0 aromatic heterocycles. The highest BCUT2D eigenvalue weighted by atomic mass is 16.6. The van der Waals surface area contributed by atoms with Gasteiger partial charge in [-0.15, -0.1) is 0 Å². The normalized spacial score (nSPS) is 16.6. The molecule has 4 heteroatoms. The van der Waals surface area contributed by atoms with Crippen molar-refractivity contribution in [1.82, 2.24) is 4.90 Å². The monoisotopic (exact) mass is 305 g/mol. The number of hydrogen-bond donors (Lipinski definition) is 1. The molecule has 1 aromatic rings. The van der Waals surface area contributed by atoms with Crippen LogP contribution in [0.4, 0.5) is 4.79 Å². The van der Waals surface area contributed by atoms with Crippen molar-refractivity contribution in [2.45, 2.75) is 51.7 Å². The summed E-state index contributed by atoms with van der Waals surface area (Å²) in [5.74, 6) is 0.278. The average Bonchev–Trinajstić information content (AvgIpc) is 2.60. The van der Waals surface area contributed by atoms with E-state index in [1.807, 2.05) is 44.2 Å². The second-order valence-electron chi connectivity index (χ2n) is 6.11. The van der Waals surface area contributed by atoms with E-state index in [-0.39, 0.29) is 12.0 Å². The highest BCUT2D eigenvalue weighted by molar-refractivity contribution is 5.67. The van der Waals surface area contributed by atoms with E-state index in [1.54, 1.807) is 4.90 Å². The molecule has 0 bridgehead atoms. The number of hydrogen-bond acceptors (Lipinski definition) is 3. The fraction of sp³-hybridized carbons (Fsp3) is 0.611. The molecule has 22 heavy (non-hydrogen) atoms. The standard InChI is InChI=1S/C18H27NO3/c1-3-18(21,4-2)16-10-12-19(13-11-16)17(20)22-14-15-8-6-5-7-9-15/h5-9,16,21H,3-4,10-14H2,1-2H3. The van der Waals surface area contributed by atoms with Crippen molar-refractivity contribution >= 4 is 6.09 Å². The lowest BCUT2D eigenvalue weighted by molar-refractivity contribution is -0.0483. The molecule has 0 aliphatic carbocycles. The molecular weight excluding hydrogens is 278 g/mol. The Hall–Kier alpha value is -1.55. The molecule has 4 nitrogen and oxygen atoms in total. The molecule has 0 spiro atoms. The van der Waals surface area contributed by atoms with Crippen LogP contribution in [0.5, 0.6) is 0 Å². The van der Waals surface area contributed by atoms with E-state index >= 15 is 0 Å². The highest BCUT2D eigenvalue weighted by Gasteiger charge is 2.36. The SMILES string of the molecule is CCC(O)(CC)C1CCN(C(=O)OCc2ccccc2)CC1. The molecule has 1 aliphatic rings. The molecule has 1 saturated heterocycles. The summed E-state index contributed by atoms with van der Waals surface area (Å²) in [4.78, 5) is 13.9. The summed E-state index contributed by atoms with van der Waals surface area (Å²) in [5, 5.41) is 10.6. The van der Waals surface area contributed by atoms with Crippen LogP contribution in [0.2, 0.25) is 0 Å². The predicted molar refractivity (Wildman–Crippen MR) is 86.5 cm³/mol. The van der Waals surface area contributed by atoms with Crippen LogP contribution in [0.3, 0.4) is 0 Å². The van der Waals surface area contributed by atoms with Gasteiger partial charge >= 0.3 is 6.09 Å². The van der Waals surface area contributed by atoms with Gasteiger partial charge in [0.05, 0.1) is 5.60 Å². The minimum Gasteiger partial charge on any atom is -0.445 e. The summed E-state index contributed by atoms with van der Waals surface area (Å²) in [6, 6.07) is 9.71. The molecule has 0 atom stereocenters. The second kappa shape index (κ2) is 7.63. The van der Waals surface area contributed by atoms with Crippen LogP contribution < -0.4 is 0 Å². The first-order valence-electron chi connectivity index (χ1n) is 8.27. The maximum atomic E-state index is 12.1. The van der Waals surface area contributed by atoms with E-state index in [1.165, 1.54) is 0 Å². The molecule has 1 N–H and O–H groups in total. The van der Waals surface area contributed by atoms with Gasteiger partial charge in [0, 0.05) is 13.1 Å². The number of likely N-dealkylation sites (tertiary alicyclic amines) is 1. The molecule has 1 heterocycles.